The largest absolute Gasteiger partial charge is 0.497 e. The number of ether oxygens (including phenoxy) is 1. The molecule has 21 heavy (non-hydrogen) atoms. The van der Waals surface area contributed by atoms with Gasteiger partial charge in [-0.15, -0.1) is 0 Å². The molecule has 0 saturated heterocycles. The van der Waals surface area contributed by atoms with E-state index in [1.807, 2.05) is 0 Å². The predicted octanol–water partition coefficient (Wildman–Crippen LogP) is 5.19. The van der Waals surface area contributed by atoms with Crippen molar-refractivity contribution >= 4 is 0 Å². The molecule has 0 aliphatic heterocycles. The molecule has 0 aromatic heterocycles. The van der Waals surface area contributed by atoms with Crippen LogP contribution in [0.25, 0.3) is 0 Å². The summed E-state index contributed by atoms with van der Waals surface area (Å²) in [5, 5.41) is 0. The predicted molar refractivity (Wildman–Crippen MR) is 86.8 cm³/mol. The van der Waals surface area contributed by atoms with Gasteiger partial charge in [0.15, 0.2) is 0 Å². The molecule has 4 unspecified atom stereocenters. The molecule has 1 nitrogen and oxygen atoms in total. The standard InChI is InChI=1S/C20H28O/c1-13-4-9-19-18-7-5-14-12-15(21-3)6-8-16(14)17(18)10-11-20(13,19)2/h6,8,12-13,17-19H,4-5,7,9-11H2,1-3H3/t13-,17?,18?,19?,20?/m0/s1. The summed E-state index contributed by atoms with van der Waals surface area (Å²) in [5.74, 6) is 4.70. The lowest BCUT2D eigenvalue weighted by Crippen LogP contribution is -2.41. The van der Waals surface area contributed by atoms with Crippen molar-refractivity contribution in [1.82, 2.24) is 0 Å². The number of benzene rings is 1. The van der Waals surface area contributed by atoms with Crippen LogP contribution < -0.4 is 4.74 Å². The monoisotopic (exact) mass is 284 g/mol. The third-order valence-corrected chi connectivity index (χ3v) is 7.41. The van der Waals surface area contributed by atoms with Crippen LogP contribution in [-0.2, 0) is 6.42 Å². The number of hydrogen-bond donors (Lipinski definition) is 0. The number of aryl methyl sites for hydroxylation is 1. The van der Waals surface area contributed by atoms with Crippen molar-refractivity contribution in [1.29, 1.82) is 0 Å². The molecule has 0 amide bonds. The number of rotatable bonds is 1. The Morgan fingerprint density at radius 3 is 2.81 bits per heavy atom. The Labute approximate surface area is 129 Å². The van der Waals surface area contributed by atoms with Crippen LogP contribution in [0.1, 0.15) is 63.0 Å². The van der Waals surface area contributed by atoms with Gasteiger partial charge in [0.2, 0.25) is 0 Å². The fraction of sp³-hybridized carbons (Fsp3) is 0.700. The maximum atomic E-state index is 5.42. The average Bonchev–Trinajstić information content (AvgIpc) is 2.82. The van der Waals surface area contributed by atoms with E-state index in [-0.39, 0.29) is 0 Å². The summed E-state index contributed by atoms with van der Waals surface area (Å²) in [6, 6.07) is 6.83. The quantitative estimate of drug-likeness (QED) is 0.690. The molecule has 1 aromatic carbocycles. The first-order valence-electron chi connectivity index (χ1n) is 8.80. The molecule has 5 atom stereocenters. The Morgan fingerprint density at radius 1 is 1.14 bits per heavy atom. The lowest BCUT2D eigenvalue weighted by atomic mass is 9.54. The second-order valence-electron chi connectivity index (χ2n) is 8.00. The summed E-state index contributed by atoms with van der Waals surface area (Å²) in [5.41, 5.74) is 3.84. The highest BCUT2D eigenvalue weighted by Gasteiger charge is 2.53. The van der Waals surface area contributed by atoms with Gasteiger partial charge in [-0.25, -0.2) is 0 Å². The molecule has 1 heteroatoms. The zero-order valence-electron chi connectivity index (χ0n) is 13.7. The van der Waals surface area contributed by atoms with E-state index in [4.69, 9.17) is 4.74 Å². The molecule has 0 bridgehead atoms. The summed E-state index contributed by atoms with van der Waals surface area (Å²) >= 11 is 0. The maximum absolute atomic E-state index is 5.42. The van der Waals surface area contributed by atoms with Crippen molar-refractivity contribution in [3.63, 3.8) is 0 Å². The SMILES string of the molecule is COc1ccc2c(c1)CCC1C2CCC2(C)C1CC[C@@H]2C. The minimum atomic E-state index is 0.630. The molecule has 1 aromatic rings. The first kappa shape index (κ1) is 13.7. The van der Waals surface area contributed by atoms with Crippen LogP contribution >= 0.6 is 0 Å². The summed E-state index contributed by atoms with van der Waals surface area (Å²) in [7, 11) is 1.78. The van der Waals surface area contributed by atoms with Crippen LogP contribution in [-0.4, -0.2) is 7.11 Å². The highest BCUT2D eigenvalue weighted by Crippen LogP contribution is 2.62. The fourth-order valence-electron chi connectivity index (χ4n) is 5.95. The highest BCUT2D eigenvalue weighted by atomic mass is 16.5. The van der Waals surface area contributed by atoms with Gasteiger partial charge in [0.05, 0.1) is 7.11 Å². The van der Waals surface area contributed by atoms with Crippen molar-refractivity contribution in [3.8, 4) is 5.75 Å². The van der Waals surface area contributed by atoms with Gasteiger partial charge in [-0.3, -0.25) is 0 Å². The van der Waals surface area contributed by atoms with Crippen molar-refractivity contribution in [2.75, 3.05) is 7.11 Å². The molecule has 2 saturated carbocycles. The molecular weight excluding hydrogens is 256 g/mol. The third kappa shape index (κ3) is 1.89. The van der Waals surface area contributed by atoms with E-state index in [2.05, 4.69) is 32.0 Å². The van der Waals surface area contributed by atoms with Gasteiger partial charge < -0.3 is 4.74 Å². The van der Waals surface area contributed by atoms with Crippen molar-refractivity contribution in [2.45, 2.75) is 58.3 Å². The first-order chi connectivity index (χ1) is 10.1. The van der Waals surface area contributed by atoms with Gasteiger partial charge in [0.1, 0.15) is 5.75 Å². The fourth-order valence-corrected chi connectivity index (χ4v) is 5.95. The zero-order chi connectivity index (χ0) is 14.6. The Kier molecular flexibility index (Phi) is 3.10. The normalized spacial score (nSPS) is 41.1. The second kappa shape index (κ2) is 4.76. The van der Waals surface area contributed by atoms with E-state index < -0.39 is 0 Å². The van der Waals surface area contributed by atoms with Gasteiger partial charge in [-0.05, 0) is 90.9 Å². The Hall–Kier alpha value is -0.980. The van der Waals surface area contributed by atoms with Gasteiger partial charge in [0, 0.05) is 0 Å². The molecular formula is C20H28O. The molecule has 3 aliphatic carbocycles. The number of methoxy groups -OCH3 is 1. The second-order valence-corrected chi connectivity index (χ2v) is 8.00. The van der Waals surface area contributed by atoms with Crippen molar-refractivity contribution < 1.29 is 4.74 Å². The maximum Gasteiger partial charge on any atom is 0.119 e. The topological polar surface area (TPSA) is 9.23 Å². The summed E-state index contributed by atoms with van der Waals surface area (Å²) in [6.07, 6.45) is 8.43. The average molecular weight is 284 g/mol. The van der Waals surface area contributed by atoms with Crippen LogP contribution in [0.2, 0.25) is 0 Å². The van der Waals surface area contributed by atoms with E-state index in [9.17, 15) is 0 Å². The van der Waals surface area contributed by atoms with E-state index in [0.29, 0.717) is 5.41 Å². The highest BCUT2D eigenvalue weighted by molar-refractivity contribution is 5.40. The molecule has 0 radical (unpaired) electrons. The Balaban J connectivity index is 1.68. The molecule has 114 valence electrons. The Morgan fingerprint density at radius 2 is 2.00 bits per heavy atom. The van der Waals surface area contributed by atoms with Crippen LogP contribution in [0.5, 0.6) is 5.75 Å². The molecule has 0 spiro atoms. The van der Waals surface area contributed by atoms with Gasteiger partial charge >= 0.3 is 0 Å². The minimum Gasteiger partial charge on any atom is -0.497 e. The Bertz CT molecular complexity index is 549. The molecule has 0 N–H and O–H groups in total. The van der Waals surface area contributed by atoms with Crippen LogP contribution in [0, 0.1) is 23.2 Å². The van der Waals surface area contributed by atoms with Crippen LogP contribution in [0.4, 0.5) is 0 Å². The molecule has 2 fully saturated rings. The first-order valence-corrected chi connectivity index (χ1v) is 8.80. The van der Waals surface area contributed by atoms with Crippen molar-refractivity contribution in [2.24, 2.45) is 23.2 Å². The number of fused-ring (bicyclic) bond motifs is 5. The summed E-state index contributed by atoms with van der Waals surface area (Å²) in [4.78, 5) is 0. The number of hydrogen-bond acceptors (Lipinski definition) is 1. The van der Waals surface area contributed by atoms with E-state index in [1.165, 1.54) is 38.5 Å². The lowest BCUT2D eigenvalue weighted by Gasteiger charge is -2.50. The van der Waals surface area contributed by atoms with Gasteiger partial charge in [-0.2, -0.15) is 0 Å². The smallest absolute Gasteiger partial charge is 0.119 e. The third-order valence-electron chi connectivity index (χ3n) is 7.41. The van der Waals surface area contributed by atoms with Crippen molar-refractivity contribution in [3.05, 3.63) is 29.3 Å². The zero-order valence-corrected chi connectivity index (χ0v) is 13.7. The van der Waals surface area contributed by atoms with Crippen LogP contribution in [0.3, 0.4) is 0 Å². The molecule has 0 heterocycles. The summed E-state index contributed by atoms with van der Waals surface area (Å²) in [6.45, 7) is 5.09. The van der Waals surface area contributed by atoms with E-state index in [1.54, 1.807) is 18.2 Å². The van der Waals surface area contributed by atoms with E-state index in [0.717, 1.165) is 29.4 Å². The molecule has 3 aliphatic rings. The van der Waals surface area contributed by atoms with E-state index >= 15 is 0 Å². The van der Waals surface area contributed by atoms with Crippen LogP contribution in [0.15, 0.2) is 18.2 Å². The van der Waals surface area contributed by atoms with Gasteiger partial charge in [0.25, 0.3) is 0 Å². The minimum absolute atomic E-state index is 0.630. The summed E-state index contributed by atoms with van der Waals surface area (Å²) < 4.78 is 5.42. The lowest BCUT2D eigenvalue weighted by molar-refractivity contribution is 0.0336. The molecule has 4 rings (SSSR count). The van der Waals surface area contributed by atoms with Gasteiger partial charge in [-0.1, -0.05) is 19.9 Å².